The predicted octanol–water partition coefficient (Wildman–Crippen LogP) is -1.54. The van der Waals surface area contributed by atoms with Gasteiger partial charge in [-0.1, -0.05) is 0 Å². The molecular formula is C10H16N6O3. The number of anilines is 2. The lowest BCUT2D eigenvalue weighted by molar-refractivity contribution is -0.121. The number of carbonyl (C=O) groups is 1. The first-order valence-corrected chi connectivity index (χ1v) is 5.68. The van der Waals surface area contributed by atoms with E-state index in [-0.39, 0.29) is 6.61 Å². The Kier molecular flexibility index (Phi) is 3.97. The van der Waals surface area contributed by atoms with Gasteiger partial charge in [0.05, 0.1) is 20.3 Å². The molecule has 0 aliphatic carbocycles. The summed E-state index contributed by atoms with van der Waals surface area (Å²) in [5.74, 6) is 6.03. The molecule has 1 unspecified atom stereocenters. The highest BCUT2D eigenvalue weighted by Crippen LogP contribution is 2.33. The third-order valence-corrected chi connectivity index (χ3v) is 2.85. The van der Waals surface area contributed by atoms with Crippen LogP contribution in [0.25, 0.3) is 0 Å². The predicted molar refractivity (Wildman–Crippen MR) is 67.5 cm³/mol. The minimum absolute atomic E-state index is 0.216. The lowest BCUT2D eigenvalue weighted by Crippen LogP contribution is -2.53. The van der Waals surface area contributed by atoms with Crippen LogP contribution < -0.4 is 26.6 Å². The fourth-order valence-electron chi connectivity index (χ4n) is 1.95. The molecule has 19 heavy (non-hydrogen) atoms. The van der Waals surface area contributed by atoms with Crippen LogP contribution in [-0.4, -0.2) is 48.8 Å². The highest BCUT2D eigenvalue weighted by atomic mass is 16.5. The number of amides is 1. The van der Waals surface area contributed by atoms with Crippen molar-refractivity contribution < 1.29 is 14.3 Å². The van der Waals surface area contributed by atoms with E-state index < -0.39 is 11.9 Å². The second kappa shape index (κ2) is 5.67. The number of aromatic nitrogens is 2. The molecule has 1 aliphatic heterocycles. The maximum absolute atomic E-state index is 11.5. The lowest BCUT2D eigenvalue weighted by Gasteiger charge is -2.35. The Labute approximate surface area is 109 Å². The summed E-state index contributed by atoms with van der Waals surface area (Å²) < 4.78 is 10.5. The van der Waals surface area contributed by atoms with Crippen molar-refractivity contribution in [1.82, 2.24) is 9.97 Å². The van der Waals surface area contributed by atoms with Crippen molar-refractivity contribution in [3.8, 4) is 5.75 Å². The van der Waals surface area contributed by atoms with Gasteiger partial charge in [-0.25, -0.2) is 15.8 Å². The number of hydrogen-bond donors (Lipinski definition) is 3. The van der Waals surface area contributed by atoms with E-state index in [1.54, 1.807) is 4.90 Å². The standard InChI is InChI=1S/C10H16N6O3/c1-18-7-9(15-12)13-5-14-10(7)16-2-3-19-4-6(16)8(11)17/h5-6H,2-4,12H2,1H3,(H2,11,17)(H,13,14,15). The Balaban J connectivity index is 2.41. The molecule has 1 aliphatic rings. The molecule has 2 rings (SSSR count). The molecule has 104 valence electrons. The van der Waals surface area contributed by atoms with Gasteiger partial charge in [0.2, 0.25) is 11.7 Å². The second-order valence-electron chi connectivity index (χ2n) is 3.91. The van der Waals surface area contributed by atoms with E-state index in [0.717, 1.165) is 0 Å². The fraction of sp³-hybridized carbons (Fsp3) is 0.500. The zero-order chi connectivity index (χ0) is 13.8. The van der Waals surface area contributed by atoms with Crippen LogP contribution in [0.5, 0.6) is 5.75 Å². The van der Waals surface area contributed by atoms with Gasteiger partial charge in [-0.15, -0.1) is 0 Å². The highest BCUT2D eigenvalue weighted by molar-refractivity contribution is 5.84. The molecule has 1 fully saturated rings. The number of hydrazine groups is 1. The van der Waals surface area contributed by atoms with E-state index in [0.29, 0.717) is 30.5 Å². The molecule has 1 atom stereocenters. The van der Waals surface area contributed by atoms with Crippen molar-refractivity contribution in [2.45, 2.75) is 6.04 Å². The van der Waals surface area contributed by atoms with Gasteiger partial charge in [-0.2, -0.15) is 0 Å². The average molecular weight is 268 g/mol. The first kappa shape index (κ1) is 13.3. The number of nitrogens with one attached hydrogen (secondary N) is 1. The highest BCUT2D eigenvalue weighted by Gasteiger charge is 2.31. The number of rotatable bonds is 4. The molecule has 9 nitrogen and oxygen atoms in total. The Bertz CT molecular complexity index is 469. The van der Waals surface area contributed by atoms with Gasteiger partial charge in [0.15, 0.2) is 11.6 Å². The van der Waals surface area contributed by atoms with Crippen molar-refractivity contribution in [3.63, 3.8) is 0 Å². The molecule has 9 heteroatoms. The lowest BCUT2D eigenvalue weighted by atomic mass is 10.2. The van der Waals surface area contributed by atoms with Crippen molar-refractivity contribution in [3.05, 3.63) is 6.33 Å². The summed E-state index contributed by atoms with van der Waals surface area (Å²) in [5.41, 5.74) is 7.79. The second-order valence-corrected chi connectivity index (χ2v) is 3.91. The Hall–Kier alpha value is -2.13. The van der Waals surface area contributed by atoms with Gasteiger partial charge in [0.25, 0.3) is 0 Å². The largest absolute Gasteiger partial charge is 0.490 e. The number of hydrogen-bond acceptors (Lipinski definition) is 8. The number of nitrogen functional groups attached to an aromatic ring is 1. The zero-order valence-electron chi connectivity index (χ0n) is 10.5. The number of methoxy groups -OCH3 is 1. The van der Waals surface area contributed by atoms with E-state index in [1.165, 1.54) is 13.4 Å². The van der Waals surface area contributed by atoms with Gasteiger partial charge in [-0.3, -0.25) is 4.79 Å². The van der Waals surface area contributed by atoms with Gasteiger partial charge in [0, 0.05) is 6.54 Å². The molecule has 1 saturated heterocycles. The molecule has 1 aromatic heterocycles. The van der Waals surface area contributed by atoms with Gasteiger partial charge < -0.3 is 25.5 Å². The van der Waals surface area contributed by atoms with Gasteiger partial charge in [0.1, 0.15) is 12.4 Å². The minimum atomic E-state index is -0.594. The topological polar surface area (TPSA) is 129 Å². The quantitative estimate of drug-likeness (QED) is 0.442. The van der Waals surface area contributed by atoms with Crippen LogP contribution in [-0.2, 0) is 9.53 Å². The molecule has 1 aromatic rings. The zero-order valence-corrected chi connectivity index (χ0v) is 10.5. The van der Waals surface area contributed by atoms with Crippen molar-refractivity contribution in [1.29, 1.82) is 0 Å². The summed E-state index contributed by atoms with van der Waals surface area (Å²) in [4.78, 5) is 21.3. The maximum Gasteiger partial charge on any atom is 0.242 e. The molecule has 0 aromatic carbocycles. The van der Waals surface area contributed by atoms with Crippen LogP contribution in [0.2, 0.25) is 0 Å². The normalized spacial score (nSPS) is 19.1. The minimum Gasteiger partial charge on any atom is -0.490 e. The Morgan fingerprint density at radius 3 is 3.05 bits per heavy atom. The number of carbonyl (C=O) groups excluding carboxylic acids is 1. The van der Waals surface area contributed by atoms with Crippen molar-refractivity contribution in [2.75, 3.05) is 37.2 Å². The van der Waals surface area contributed by atoms with Gasteiger partial charge >= 0.3 is 0 Å². The summed E-state index contributed by atoms with van der Waals surface area (Å²) in [5, 5.41) is 0. The van der Waals surface area contributed by atoms with Crippen LogP contribution in [0.4, 0.5) is 11.6 Å². The van der Waals surface area contributed by atoms with Crippen molar-refractivity contribution in [2.24, 2.45) is 11.6 Å². The number of nitrogens with zero attached hydrogens (tertiary/aromatic N) is 3. The monoisotopic (exact) mass is 268 g/mol. The van der Waals surface area contributed by atoms with E-state index in [2.05, 4.69) is 15.4 Å². The molecule has 0 spiro atoms. The number of morpholine rings is 1. The molecule has 0 saturated carbocycles. The van der Waals surface area contributed by atoms with E-state index in [9.17, 15) is 4.79 Å². The van der Waals surface area contributed by atoms with E-state index in [4.69, 9.17) is 21.1 Å². The summed E-state index contributed by atoms with van der Waals surface area (Å²) in [6.45, 7) is 1.17. The van der Waals surface area contributed by atoms with Crippen LogP contribution >= 0.6 is 0 Å². The molecule has 0 radical (unpaired) electrons. The third-order valence-electron chi connectivity index (χ3n) is 2.85. The summed E-state index contributed by atoms with van der Waals surface area (Å²) >= 11 is 0. The Morgan fingerprint density at radius 1 is 1.63 bits per heavy atom. The molecule has 2 heterocycles. The number of nitrogens with two attached hydrogens (primary N) is 2. The number of primary amides is 1. The van der Waals surface area contributed by atoms with E-state index in [1.807, 2.05) is 0 Å². The number of ether oxygens (including phenoxy) is 2. The van der Waals surface area contributed by atoms with Crippen LogP contribution in [0.3, 0.4) is 0 Å². The van der Waals surface area contributed by atoms with Gasteiger partial charge in [-0.05, 0) is 0 Å². The SMILES string of the molecule is COc1c(NN)ncnc1N1CCOCC1C(N)=O. The molecule has 5 N–H and O–H groups in total. The molecule has 1 amide bonds. The maximum atomic E-state index is 11.5. The first-order valence-electron chi connectivity index (χ1n) is 5.68. The smallest absolute Gasteiger partial charge is 0.242 e. The van der Waals surface area contributed by atoms with Crippen molar-refractivity contribution >= 4 is 17.5 Å². The Morgan fingerprint density at radius 2 is 2.42 bits per heavy atom. The van der Waals surface area contributed by atoms with Crippen LogP contribution in [0, 0.1) is 0 Å². The summed E-state index contributed by atoms with van der Waals surface area (Å²) in [6.07, 6.45) is 1.33. The van der Waals surface area contributed by atoms with E-state index >= 15 is 0 Å². The van der Waals surface area contributed by atoms with Crippen LogP contribution in [0.1, 0.15) is 0 Å². The molecular weight excluding hydrogens is 252 g/mol. The average Bonchev–Trinajstić information content (AvgIpc) is 2.46. The third kappa shape index (κ3) is 2.51. The summed E-state index contributed by atoms with van der Waals surface area (Å²) in [6, 6.07) is -0.594. The van der Waals surface area contributed by atoms with Crippen LogP contribution in [0.15, 0.2) is 6.33 Å². The fourth-order valence-corrected chi connectivity index (χ4v) is 1.95. The molecule has 0 bridgehead atoms. The summed E-state index contributed by atoms with van der Waals surface area (Å²) in [7, 11) is 1.47. The first-order chi connectivity index (χ1) is 9.19.